The van der Waals surface area contributed by atoms with Gasteiger partial charge in [-0.15, -0.1) is 0 Å². The third kappa shape index (κ3) is 3.97. The highest BCUT2D eigenvalue weighted by atomic mass is 16.6. The molecule has 1 unspecified atom stereocenters. The maximum Gasteiger partial charge on any atom is 0.202 e. The van der Waals surface area contributed by atoms with Gasteiger partial charge < -0.3 is 24.1 Å². The van der Waals surface area contributed by atoms with Crippen LogP contribution >= 0.6 is 0 Å². The monoisotopic (exact) mass is 255 g/mol. The van der Waals surface area contributed by atoms with Crippen LogP contribution in [-0.4, -0.2) is 55.7 Å². The third-order valence-corrected chi connectivity index (χ3v) is 2.81. The molecule has 0 saturated carbocycles. The van der Waals surface area contributed by atoms with Crippen molar-refractivity contribution < 1.29 is 14.2 Å². The van der Waals surface area contributed by atoms with E-state index in [9.17, 15) is 0 Å². The van der Waals surface area contributed by atoms with E-state index in [1.807, 2.05) is 6.20 Å². The molecule has 2 rings (SSSR count). The van der Waals surface area contributed by atoms with Gasteiger partial charge in [-0.25, -0.2) is 4.98 Å². The molecule has 102 valence electrons. The summed E-state index contributed by atoms with van der Waals surface area (Å²) >= 11 is 0. The zero-order valence-electron chi connectivity index (χ0n) is 10.8. The molecule has 6 heteroatoms. The topological polar surface area (TPSA) is 57.5 Å². The van der Waals surface area contributed by atoms with Crippen molar-refractivity contribution >= 4 is 5.95 Å². The van der Waals surface area contributed by atoms with Gasteiger partial charge in [0.2, 0.25) is 5.95 Å². The highest BCUT2D eigenvalue weighted by molar-refractivity contribution is 5.25. The van der Waals surface area contributed by atoms with Crippen LogP contribution in [0.15, 0.2) is 12.4 Å². The molecule has 6 nitrogen and oxygen atoms in total. The van der Waals surface area contributed by atoms with Crippen LogP contribution < -0.4 is 5.32 Å². The van der Waals surface area contributed by atoms with Gasteiger partial charge in [-0.05, 0) is 6.42 Å². The van der Waals surface area contributed by atoms with Crippen LogP contribution in [0.5, 0.6) is 0 Å². The van der Waals surface area contributed by atoms with Crippen LogP contribution in [0.1, 0.15) is 6.42 Å². The summed E-state index contributed by atoms with van der Waals surface area (Å²) in [6.07, 6.45) is 4.83. The predicted octanol–water partition coefficient (Wildman–Crippen LogP) is 0.747. The number of hydrogen-bond acceptors (Lipinski definition) is 5. The minimum absolute atomic E-state index is 0.118. The number of imidazole rings is 1. The largest absolute Gasteiger partial charge is 0.385 e. The lowest BCUT2D eigenvalue weighted by molar-refractivity contribution is -0.0934. The normalized spacial score (nSPS) is 19.9. The summed E-state index contributed by atoms with van der Waals surface area (Å²) in [5, 5.41) is 3.29. The van der Waals surface area contributed by atoms with Crippen LogP contribution in [-0.2, 0) is 20.8 Å². The number of rotatable bonds is 7. The molecule has 18 heavy (non-hydrogen) atoms. The lowest BCUT2D eigenvalue weighted by Gasteiger charge is -2.23. The SMILES string of the molecule is COCCCNc1nccn1CC1COCCO1. The van der Waals surface area contributed by atoms with Crippen molar-refractivity contribution in [2.24, 2.45) is 0 Å². The van der Waals surface area contributed by atoms with Gasteiger partial charge in [-0.3, -0.25) is 0 Å². The number of hydrogen-bond donors (Lipinski definition) is 1. The van der Waals surface area contributed by atoms with Crippen LogP contribution in [0, 0.1) is 0 Å². The Morgan fingerprint density at radius 3 is 3.28 bits per heavy atom. The number of methoxy groups -OCH3 is 1. The first kappa shape index (κ1) is 13.3. The van der Waals surface area contributed by atoms with Crippen molar-refractivity contribution in [3.05, 3.63) is 12.4 Å². The molecule has 1 N–H and O–H groups in total. The predicted molar refractivity (Wildman–Crippen MR) is 67.8 cm³/mol. The molecule has 0 bridgehead atoms. The standard InChI is InChI=1S/C12H21N3O3/c1-16-6-2-3-13-12-14-4-5-15(12)9-11-10-17-7-8-18-11/h4-5,11H,2-3,6-10H2,1H3,(H,13,14). The molecule has 0 aliphatic carbocycles. The molecule has 1 aliphatic heterocycles. The maximum atomic E-state index is 5.63. The summed E-state index contributed by atoms with van der Waals surface area (Å²) < 4.78 is 18.1. The first-order chi connectivity index (χ1) is 8.90. The Bertz CT molecular complexity index is 337. The fourth-order valence-electron chi connectivity index (χ4n) is 1.90. The van der Waals surface area contributed by atoms with Crippen LogP contribution in [0.3, 0.4) is 0 Å². The van der Waals surface area contributed by atoms with E-state index in [0.717, 1.165) is 32.1 Å². The molecule has 2 heterocycles. The molecule has 0 radical (unpaired) electrons. The average Bonchev–Trinajstić information content (AvgIpc) is 2.83. The van der Waals surface area contributed by atoms with E-state index < -0.39 is 0 Å². The zero-order valence-corrected chi connectivity index (χ0v) is 10.8. The van der Waals surface area contributed by atoms with Crippen molar-refractivity contribution in [1.82, 2.24) is 9.55 Å². The first-order valence-corrected chi connectivity index (χ1v) is 6.33. The molecule has 1 aliphatic rings. The summed E-state index contributed by atoms with van der Waals surface area (Å²) in [5.41, 5.74) is 0. The molecule has 1 fully saturated rings. The van der Waals surface area contributed by atoms with E-state index in [-0.39, 0.29) is 6.10 Å². The van der Waals surface area contributed by atoms with Gasteiger partial charge >= 0.3 is 0 Å². The number of anilines is 1. The molecule has 0 aromatic carbocycles. The van der Waals surface area contributed by atoms with Crippen molar-refractivity contribution in [3.8, 4) is 0 Å². The van der Waals surface area contributed by atoms with E-state index in [2.05, 4.69) is 14.9 Å². The summed E-state index contributed by atoms with van der Waals surface area (Å²) in [5.74, 6) is 0.875. The molecule has 1 aromatic heterocycles. The average molecular weight is 255 g/mol. The van der Waals surface area contributed by atoms with Crippen molar-refractivity contribution in [2.45, 2.75) is 19.1 Å². The highest BCUT2D eigenvalue weighted by Gasteiger charge is 2.16. The smallest absolute Gasteiger partial charge is 0.202 e. The lowest BCUT2D eigenvalue weighted by Crippen LogP contribution is -2.32. The van der Waals surface area contributed by atoms with Gasteiger partial charge in [0, 0.05) is 32.7 Å². The second-order valence-corrected chi connectivity index (χ2v) is 4.24. The lowest BCUT2D eigenvalue weighted by atomic mass is 10.3. The minimum atomic E-state index is 0.118. The van der Waals surface area contributed by atoms with E-state index in [0.29, 0.717) is 19.8 Å². The van der Waals surface area contributed by atoms with Crippen molar-refractivity contribution in [1.29, 1.82) is 0 Å². The molecule has 1 atom stereocenters. The highest BCUT2D eigenvalue weighted by Crippen LogP contribution is 2.09. The van der Waals surface area contributed by atoms with Gasteiger partial charge in [0.25, 0.3) is 0 Å². The van der Waals surface area contributed by atoms with E-state index >= 15 is 0 Å². The molecule has 0 amide bonds. The molecule has 0 spiro atoms. The number of ether oxygens (including phenoxy) is 3. The fourth-order valence-corrected chi connectivity index (χ4v) is 1.90. The molecular formula is C12H21N3O3. The summed E-state index contributed by atoms with van der Waals surface area (Å²) in [7, 11) is 1.71. The number of aromatic nitrogens is 2. The Kier molecular flexibility index (Phi) is 5.44. The Balaban J connectivity index is 1.79. The van der Waals surface area contributed by atoms with E-state index in [1.54, 1.807) is 13.3 Å². The van der Waals surface area contributed by atoms with E-state index in [1.165, 1.54) is 0 Å². The zero-order chi connectivity index (χ0) is 12.6. The van der Waals surface area contributed by atoms with Crippen LogP contribution in [0.4, 0.5) is 5.95 Å². The van der Waals surface area contributed by atoms with Crippen molar-refractivity contribution in [3.63, 3.8) is 0 Å². The molecule has 1 aromatic rings. The van der Waals surface area contributed by atoms with E-state index in [4.69, 9.17) is 14.2 Å². The number of nitrogens with one attached hydrogen (secondary N) is 1. The Morgan fingerprint density at radius 1 is 1.56 bits per heavy atom. The van der Waals surface area contributed by atoms with Crippen LogP contribution in [0.25, 0.3) is 0 Å². The third-order valence-electron chi connectivity index (χ3n) is 2.81. The number of nitrogens with zero attached hydrogens (tertiary/aromatic N) is 2. The summed E-state index contributed by atoms with van der Waals surface area (Å²) in [4.78, 5) is 4.29. The second-order valence-electron chi connectivity index (χ2n) is 4.24. The Labute approximate surface area is 107 Å². The van der Waals surface area contributed by atoms with Gasteiger partial charge in [0.15, 0.2) is 0 Å². The summed E-state index contributed by atoms with van der Waals surface area (Å²) in [6.45, 7) is 4.41. The minimum Gasteiger partial charge on any atom is -0.385 e. The fraction of sp³-hybridized carbons (Fsp3) is 0.750. The summed E-state index contributed by atoms with van der Waals surface area (Å²) in [6, 6.07) is 0. The van der Waals surface area contributed by atoms with Crippen LogP contribution in [0.2, 0.25) is 0 Å². The quantitative estimate of drug-likeness (QED) is 0.729. The molecule has 1 saturated heterocycles. The maximum absolute atomic E-state index is 5.63. The van der Waals surface area contributed by atoms with Gasteiger partial charge in [0.05, 0.1) is 32.5 Å². The van der Waals surface area contributed by atoms with Gasteiger partial charge in [-0.2, -0.15) is 0 Å². The first-order valence-electron chi connectivity index (χ1n) is 6.33. The second kappa shape index (κ2) is 7.35. The van der Waals surface area contributed by atoms with Gasteiger partial charge in [-0.1, -0.05) is 0 Å². The Hall–Kier alpha value is -1.11. The Morgan fingerprint density at radius 2 is 2.50 bits per heavy atom. The van der Waals surface area contributed by atoms with Crippen molar-refractivity contribution in [2.75, 3.05) is 45.4 Å². The van der Waals surface area contributed by atoms with Gasteiger partial charge in [0.1, 0.15) is 0 Å². The molecular weight excluding hydrogens is 234 g/mol.